The highest BCUT2D eigenvalue weighted by molar-refractivity contribution is 5.96. The van der Waals surface area contributed by atoms with Crippen molar-refractivity contribution in [3.05, 3.63) is 145 Å². The van der Waals surface area contributed by atoms with Gasteiger partial charge in [-0.1, -0.05) is 105 Å². The van der Waals surface area contributed by atoms with Gasteiger partial charge in [0.05, 0.1) is 85.5 Å². The summed E-state index contributed by atoms with van der Waals surface area (Å²) >= 11 is 0. The van der Waals surface area contributed by atoms with E-state index in [1.165, 1.54) is 0 Å². The molecule has 19 atom stereocenters. The number of anilines is 1. The summed E-state index contributed by atoms with van der Waals surface area (Å²) in [5.74, 6) is -6.57. The number of nitrogens with zero attached hydrogens (tertiary/aromatic N) is 1. The first-order chi connectivity index (χ1) is 41.9. The smallest absolute Gasteiger partial charge is 0.308 e. The summed E-state index contributed by atoms with van der Waals surface area (Å²) in [5, 5.41) is 117. The van der Waals surface area contributed by atoms with Crippen molar-refractivity contribution in [3.63, 3.8) is 0 Å². The van der Waals surface area contributed by atoms with Crippen molar-refractivity contribution >= 4 is 29.1 Å². The average molecular weight is 1230 g/mol. The Labute approximate surface area is 515 Å². The minimum Gasteiger partial charge on any atom is -0.461 e. The summed E-state index contributed by atoms with van der Waals surface area (Å²) in [4.78, 5) is 57.7. The van der Waals surface area contributed by atoms with Crippen molar-refractivity contribution in [2.75, 3.05) is 18.9 Å². The Morgan fingerprint density at radius 2 is 1.34 bits per heavy atom. The topological polar surface area (TPSA) is 370 Å². The lowest BCUT2D eigenvalue weighted by atomic mass is 9.82. The van der Waals surface area contributed by atoms with E-state index in [4.69, 9.17) is 24.7 Å². The maximum Gasteiger partial charge on any atom is 0.308 e. The lowest BCUT2D eigenvalue weighted by molar-refractivity contribution is -0.307. The molecule has 0 radical (unpaired) electrons. The number of pyridine rings is 1. The standard InChI is InChI=1S/C66H94N4O18/c1-41-19-15-13-11-9-7-5-6-8-10-12-14-16-21-54(86-65-62(82)60(67)61(81)43(3)85-65)38-57-59(64(83)70-30-28-46-20-17-18-29-69-46)56(79)40-66(84,88-57)39-53(77)35-51(75)33-49(73)31-48(72)32-50(74)34-52(76)37-58(80)87-63(41)42(2)22-27-47(71)36-55(78)44-23-25-45(68-4)26-24-44/h5-21,23-26,29,41-43,47-49,51-54,56-57,59-63,65,68,71-73,75-77,79,81-82,84H,22,27-28,30-40,67H2,1-4H3,(H,70,83)/b6-5-,9-7-,10-8+,13-11+,14-12+,19-15+,21-16+. The normalized spacial score (nSPS) is 35.6. The Kier molecular flexibility index (Phi) is 30.8. The molecule has 22 nitrogen and oxygen atoms in total. The molecule has 19 unspecified atom stereocenters. The SMILES string of the molecule is CNc1ccc(C(=O)CC(O)CCC(C)C2OC(=O)CC(O)CC(=O)CC(O)CC(O)CC(O)CC(O)CC3(O)CC(O)C(C(=O)NCCc4ccccn4)C(CC(OC4OC(C)C(O)C(N)C4O)/C=C/C=C/C=C/C=C\C=C/C=C/C=C/C2C)O3)cc1. The molecule has 3 aliphatic heterocycles. The van der Waals surface area contributed by atoms with Crippen LogP contribution in [0.4, 0.5) is 5.69 Å². The highest BCUT2D eigenvalue weighted by atomic mass is 16.7. The fraction of sp³-hybridized carbons (Fsp3) is 0.561. The maximum absolute atomic E-state index is 14.0. The first-order valence-electron chi connectivity index (χ1n) is 30.4. The molecule has 14 N–H and O–H groups in total. The number of hydrogen-bond donors (Lipinski definition) is 13. The zero-order valence-corrected chi connectivity index (χ0v) is 50.8. The van der Waals surface area contributed by atoms with Crippen LogP contribution in [-0.4, -0.2) is 191 Å². The first kappa shape index (κ1) is 72.8. The fourth-order valence-electron chi connectivity index (χ4n) is 11.1. The van der Waals surface area contributed by atoms with Gasteiger partial charge < -0.3 is 86.4 Å². The van der Waals surface area contributed by atoms with Gasteiger partial charge in [-0.15, -0.1) is 0 Å². The van der Waals surface area contributed by atoms with Crippen LogP contribution in [0, 0.1) is 17.8 Å². The second-order valence-corrected chi connectivity index (χ2v) is 23.4. The minimum atomic E-state index is -2.30. The number of cyclic esters (lactones) is 1. The van der Waals surface area contributed by atoms with Crippen LogP contribution in [0.15, 0.2) is 134 Å². The summed E-state index contributed by atoms with van der Waals surface area (Å²) in [6.07, 6.45) is 4.97. The lowest BCUT2D eigenvalue weighted by Gasteiger charge is -2.46. The summed E-state index contributed by atoms with van der Waals surface area (Å²) in [6, 6.07) is 11.1. The third kappa shape index (κ3) is 25.2. The van der Waals surface area contributed by atoms with E-state index in [0.29, 0.717) is 24.1 Å². The molecule has 2 fully saturated rings. The Hall–Kier alpha value is -5.93. The monoisotopic (exact) mass is 1230 g/mol. The van der Waals surface area contributed by atoms with Crippen LogP contribution in [0.1, 0.15) is 114 Å². The van der Waals surface area contributed by atoms with E-state index in [0.717, 1.165) is 5.69 Å². The Bertz CT molecular complexity index is 2670. The number of carbonyl (C=O) groups is 4. The van der Waals surface area contributed by atoms with Gasteiger partial charge in [0.2, 0.25) is 5.91 Å². The van der Waals surface area contributed by atoms with Crippen molar-refractivity contribution in [3.8, 4) is 0 Å². The zero-order valence-electron chi connectivity index (χ0n) is 50.8. The van der Waals surface area contributed by atoms with E-state index in [2.05, 4.69) is 15.6 Å². The fourth-order valence-corrected chi connectivity index (χ4v) is 11.1. The first-order valence-corrected chi connectivity index (χ1v) is 30.4. The molecular formula is C66H94N4O18. The average Bonchev–Trinajstić information content (AvgIpc) is 0.946. The van der Waals surface area contributed by atoms with Crippen LogP contribution in [0.5, 0.6) is 0 Å². The van der Waals surface area contributed by atoms with Crippen LogP contribution >= 0.6 is 0 Å². The number of benzene rings is 1. The van der Waals surface area contributed by atoms with Gasteiger partial charge in [-0.05, 0) is 81.3 Å². The van der Waals surface area contributed by atoms with Crippen LogP contribution in [0.2, 0.25) is 0 Å². The molecule has 2 bridgehead atoms. The van der Waals surface area contributed by atoms with Gasteiger partial charge in [-0.3, -0.25) is 24.2 Å². The molecule has 0 spiro atoms. The van der Waals surface area contributed by atoms with Crippen molar-refractivity contribution in [2.45, 2.75) is 202 Å². The van der Waals surface area contributed by atoms with Gasteiger partial charge >= 0.3 is 5.97 Å². The highest BCUT2D eigenvalue weighted by Gasteiger charge is 2.51. The third-order valence-electron chi connectivity index (χ3n) is 15.8. The van der Waals surface area contributed by atoms with E-state index in [1.54, 1.807) is 142 Å². The number of carbonyl (C=O) groups excluding carboxylic acids is 4. The number of aliphatic hydroxyl groups is 10. The summed E-state index contributed by atoms with van der Waals surface area (Å²) in [7, 11) is 1.77. The number of nitrogens with two attached hydrogens (primary N) is 1. The number of aliphatic hydroxyl groups excluding tert-OH is 9. The van der Waals surface area contributed by atoms with Gasteiger partial charge in [0.25, 0.3) is 0 Å². The molecule has 486 valence electrons. The number of esters is 1. The minimum absolute atomic E-state index is 0.105. The number of fused-ring (bicyclic) bond motifs is 2. The predicted molar refractivity (Wildman–Crippen MR) is 328 cm³/mol. The van der Waals surface area contributed by atoms with Crippen LogP contribution in [-0.2, 0) is 39.8 Å². The van der Waals surface area contributed by atoms with Crippen molar-refractivity contribution in [2.24, 2.45) is 23.5 Å². The highest BCUT2D eigenvalue weighted by Crippen LogP contribution is 2.38. The summed E-state index contributed by atoms with van der Waals surface area (Å²) in [6.45, 7) is 5.39. The molecule has 1 aromatic heterocycles. The number of nitrogens with one attached hydrogen (secondary N) is 2. The van der Waals surface area contributed by atoms with Gasteiger partial charge in [-0.25, -0.2) is 0 Å². The number of ether oxygens (including phenoxy) is 4. The number of aromatic nitrogens is 1. The van der Waals surface area contributed by atoms with Gasteiger partial charge in [0, 0.05) is 87.6 Å². The van der Waals surface area contributed by atoms with Crippen molar-refractivity contribution < 1.29 is 89.2 Å². The number of ketones is 2. The molecule has 0 aliphatic carbocycles. The molecule has 4 heterocycles. The molecule has 3 aliphatic rings. The van der Waals surface area contributed by atoms with Crippen LogP contribution < -0.4 is 16.4 Å². The third-order valence-corrected chi connectivity index (χ3v) is 15.8. The van der Waals surface area contributed by atoms with E-state index in [1.807, 2.05) is 19.9 Å². The second kappa shape index (κ2) is 37.3. The lowest BCUT2D eigenvalue weighted by Crippen LogP contribution is -2.62. The van der Waals surface area contributed by atoms with E-state index in [-0.39, 0.29) is 56.3 Å². The molecule has 1 amide bonds. The summed E-state index contributed by atoms with van der Waals surface area (Å²) < 4.78 is 24.4. The van der Waals surface area contributed by atoms with E-state index in [9.17, 15) is 70.2 Å². The second-order valence-electron chi connectivity index (χ2n) is 23.4. The summed E-state index contributed by atoms with van der Waals surface area (Å²) in [5.41, 5.74) is 8.16. The number of hydrogen-bond acceptors (Lipinski definition) is 21. The predicted octanol–water partition coefficient (Wildman–Crippen LogP) is 3.42. The quantitative estimate of drug-likeness (QED) is 0.0952. The molecular weight excluding hydrogens is 1140 g/mol. The number of allylic oxidation sites excluding steroid dienone is 12. The number of rotatable bonds is 14. The van der Waals surface area contributed by atoms with Crippen LogP contribution in [0.25, 0.3) is 0 Å². The molecule has 2 aromatic rings. The maximum atomic E-state index is 14.0. The van der Waals surface area contributed by atoms with Crippen LogP contribution in [0.3, 0.4) is 0 Å². The zero-order chi connectivity index (χ0) is 64.3. The Morgan fingerprint density at radius 3 is 1.97 bits per heavy atom. The van der Waals surface area contributed by atoms with Crippen molar-refractivity contribution in [1.82, 2.24) is 10.3 Å². The largest absolute Gasteiger partial charge is 0.461 e. The van der Waals surface area contributed by atoms with Gasteiger partial charge in [0.15, 0.2) is 17.9 Å². The van der Waals surface area contributed by atoms with E-state index >= 15 is 0 Å². The molecule has 2 saturated heterocycles. The molecule has 22 heteroatoms. The molecule has 88 heavy (non-hydrogen) atoms. The van der Waals surface area contributed by atoms with Crippen molar-refractivity contribution in [1.29, 1.82) is 0 Å². The molecule has 0 saturated carbocycles. The number of amides is 1. The van der Waals surface area contributed by atoms with Gasteiger partial charge in [-0.2, -0.15) is 0 Å². The Morgan fingerprint density at radius 1 is 0.739 bits per heavy atom. The van der Waals surface area contributed by atoms with E-state index < -0.39 is 160 Å². The number of Topliss-reactive ketones (excluding diaryl/α,β-unsaturated/α-hetero) is 2. The molecule has 5 rings (SSSR count). The Balaban J connectivity index is 1.35. The molecule has 1 aromatic carbocycles. The van der Waals surface area contributed by atoms with Gasteiger partial charge in [0.1, 0.15) is 18.0 Å².